The van der Waals surface area contributed by atoms with Crippen LogP contribution < -0.4 is 4.74 Å². The molecule has 1 unspecified atom stereocenters. The molecule has 0 heterocycles. The summed E-state index contributed by atoms with van der Waals surface area (Å²) in [6.07, 6.45) is 2.05. The summed E-state index contributed by atoms with van der Waals surface area (Å²) in [7, 11) is 1.62. The smallest absolute Gasteiger partial charge is 0.138 e. The third kappa shape index (κ3) is 3.45. The molecule has 5 heteroatoms. The summed E-state index contributed by atoms with van der Waals surface area (Å²) >= 11 is 17.9. The van der Waals surface area contributed by atoms with E-state index in [4.69, 9.17) is 27.9 Å². The molecular weight excluding hydrogens is 379 g/mol. The number of halogens is 3. The monoisotopic (exact) mass is 390 g/mol. The summed E-state index contributed by atoms with van der Waals surface area (Å²) in [5.74, 6) is 0.711. The highest BCUT2D eigenvalue weighted by molar-refractivity contribution is 9.10. The average Bonchev–Trinajstić information content (AvgIpc) is 2.46. The van der Waals surface area contributed by atoms with E-state index in [1.165, 1.54) is 4.90 Å². The second kappa shape index (κ2) is 7.08. The Labute approximate surface area is 141 Å². The van der Waals surface area contributed by atoms with Gasteiger partial charge < -0.3 is 4.74 Å². The zero-order valence-corrected chi connectivity index (χ0v) is 14.9. The van der Waals surface area contributed by atoms with Gasteiger partial charge in [0.1, 0.15) is 5.75 Å². The van der Waals surface area contributed by atoms with Gasteiger partial charge in [0.2, 0.25) is 0 Å². The fourth-order valence-corrected chi connectivity index (χ4v) is 3.65. The lowest BCUT2D eigenvalue weighted by Crippen LogP contribution is -1.98. The number of hydrogen-bond donors (Lipinski definition) is 0. The summed E-state index contributed by atoms with van der Waals surface area (Å²) in [5, 5.41) is 0.315. The van der Waals surface area contributed by atoms with Gasteiger partial charge in [-0.2, -0.15) is 0 Å². The van der Waals surface area contributed by atoms with Gasteiger partial charge in [-0.1, -0.05) is 23.7 Å². The van der Waals surface area contributed by atoms with Gasteiger partial charge in [-0.3, -0.25) is 0 Å². The molecule has 0 amide bonds. The first-order chi connectivity index (χ1) is 9.56. The van der Waals surface area contributed by atoms with E-state index < -0.39 is 0 Å². The zero-order chi connectivity index (χ0) is 14.7. The minimum absolute atomic E-state index is 0.309. The van der Waals surface area contributed by atoms with Gasteiger partial charge in [0, 0.05) is 15.5 Å². The summed E-state index contributed by atoms with van der Waals surface area (Å²) in [4.78, 5) is 1.21. The first kappa shape index (κ1) is 16.0. The van der Waals surface area contributed by atoms with Crippen molar-refractivity contribution in [3.05, 3.63) is 57.0 Å². The topological polar surface area (TPSA) is 9.23 Å². The van der Waals surface area contributed by atoms with Crippen molar-refractivity contribution in [1.82, 2.24) is 0 Å². The second-order valence-electron chi connectivity index (χ2n) is 4.15. The maximum Gasteiger partial charge on any atom is 0.138 e. The molecule has 0 N–H and O–H groups in total. The molecule has 0 aliphatic rings. The Morgan fingerprint density at radius 3 is 2.40 bits per heavy atom. The highest BCUT2D eigenvalue weighted by atomic mass is 79.9. The highest BCUT2D eigenvalue weighted by Crippen LogP contribution is 2.41. The van der Waals surface area contributed by atoms with Gasteiger partial charge in [0.25, 0.3) is 0 Å². The van der Waals surface area contributed by atoms with E-state index in [-0.39, 0.29) is 5.38 Å². The summed E-state index contributed by atoms with van der Waals surface area (Å²) in [6, 6.07) is 11.8. The lowest BCUT2D eigenvalue weighted by Gasteiger charge is -2.16. The molecular formula is C15H13BrCl2OS. The van der Waals surface area contributed by atoms with Crippen molar-refractivity contribution < 1.29 is 4.74 Å². The SMILES string of the molecule is COc1c(Br)cc(Cl)cc1C(Cl)c1ccc(SC)cc1. The first-order valence-corrected chi connectivity index (χ1v) is 8.71. The van der Waals surface area contributed by atoms with Crippen LogP contribution >= 0.6 is 50.9 Å². The third-order valence-electron chi connectivity index (χ3n) is 2.92. The minimum atomic E-state index is -0.309. The van der Waals surface area contributed by atoms with Crippen LogP contribution in [0.4, 0.5) is 0 Å². The van der Waals surface area contributed by atoms with E-state index in [0.717, 1.165) is 15.6 Å². The van der Waals surface area contributed by atoms with Gasteiger partial charge in [0.15, 0.2) is 0 Å². The normalized spacial score (nSPS) is 12.2. The standard InChI is InChI=1S/C15H13BrCl2OS/c1-19-15-12(7-10(17)8-13(15)16)14(18)9-3-5-11(20-2)6-4-9/h3-8,14H,1-2H3. The molecule has 0 saturated carbocycles. The van der Waals surface area contributed by atoms with Crippen molar-refractivity contribution in [2.75, 3.05) is 13.4 Å². The van der Waals surface area contributed by atoms with Crippen molar-refractivity contribution in [1.29, 1.82) is 0 Å². The number of rotatable bonds is 4. The van der Waals surface area contributed by atoms with E-state index in [9.17, 15) is 0 Å². The molecule has 0 aliphatic heterocycles. The van der Waals surface area contributed by atoms with Crippen LogP contribution in [-0.4, -0.2) is 13.4 Å². The fraction of sp³-hybridized carbons (Fsp3) is 0.200. The molecule has 0 saturated heterocycles. The van der Waals surface area contributed by atoms with Gasteiger partial charge in [-0.25, -0.2) is 0 Å². The maximum atomic E-state index is 6.59. The van der Waals surface area contributed by atoms with Crippen molar-refractivity contribution in [3.63, 3.8) is 0 Å². The van der Waals surface area contributed by atoms with Crippen LogP contribution in [0.5, 0.6) is 5.75 Å². The molecule has 0 fully saturated rings. The molecule has 2 rings (SSSR count). The molecule has 20 heavy (non-hydrogen) atoms. The summed E-state index contributed by atoms with van der Waals surface area (Å²) in [6.45, 7) is 0. The van der Waals surface area contributed by atoms with E-state index in [1.54, 1.807) is 24.9 Å². The molecule has 0 aromatic heterocycles. The average molecular weight is 392 g/mol. The minimum Gasteiger partial charge on any atom is -0.495 e. The molecule has 1 nitrogen and oxygen atoms in total. The molecule has 0 aliphatic carbocycles. The van der Waals surface area contributed by atoms with Crippen LogP contribution in [0.15, 0.2) is 45.8 Å². The largest absolute Gasteiger partial charge is 0.495 e. The van der Waals surface area contributed by atoms with Crippen LogP contribution in [0.1, 0.15) is 16.5 Å². The fourth-order valence-electron chi connectivity index (χ4n) is 1.94. The van der Waals surface area contributed by atoms with Crippen LogP contribution in [0.2, 0.25) is 5.02 Å². The number of benzene rings is 2. The Morgan fingerprint density at radius 2 is 1.85 bits per heavy atom. The Morgan fingerprint density at radius 1 is 1.20 bits per heavy atom. The Hall–Kier alpha value is -0.350. The van der Waals surface area contributed by atoms with Crippen LogP contribution in [0.25, 0.3) is 0 Å². The van der Waals surface area contributed by atoms with E-state index in [1.807, 2.05) is 24.5 Å². The zero-order valence-electron chi connectivity index (χ0n) is 11.0. The number of hydrogen-bond acceptors (Lipinski definition) is 2. The van der Waals surface area contributed by atoms with Crippen molar-refractivity contribution in [2.24, 2.45) is 0 Å². The quantitative estimate of drug-likeness (QED) is 0.455. The Bertz CT molecular complexity index is 602. The molecule has 0 radical (unpaired) electrons. The third-order valence-corrected chi connectivity index (χ3v) is 4.96. The van der Waals surface area contributed by atoms with E-state index in [0.29, 0.717) is 10.8 Å². The van der Waals surface area contributed by atoms with Gasteiger partial charge in [-0.05, 0) is 52.0 Å². The second-order valence-corrected chi connectivity index (χ2v) is 6.75. The predicted octanol–water partition coefficient (Wildman–Crippen LogP) is 6.16. The molecule has 0 bridgehead atoms. The number of ether oxygens (including phenoxy) is 1. The summed E-state index contributed by atoms with van der Waals surface area (Å²) in [5.41, 5.74) is 1.86. The van der Waals surface area contributed by atoms with Crippen LogP contribution in [0.3, 0.4) is 0 Å². The first-order valence-electron chi connectivity index (χ1n) is 5.87. The van der Waals surface area contributed by atoms with E-state index in [2.05, 4.69) is 28.1 Å². The molecule has 2 aromatic rings. The van der Waals surface area contributed by atoms with Gasteiger partial charge >= 0.3 is 0 Å². The Balaban J connectivity index is 2.43. The highest BCUT2D eigenvalue weighted by Gasteiger charge is 2.18. The van der Waals surface area contributed by atoms with Crippen molar-refractivity contribution in [2.45, 2.75) is 10.3 Å². The number of thioether (sulfide) groups is 1. The maximum absolute atomic E-state index is 6.59. The van der Waals surface area contributed by atoms with Crippen LogP contribution in [-0.2, 0) is 0 Å². The van der Waals surface area contributed by atoms with Crippen molar-refractivity contribution >= 4 is 50.9 Å². The van der Waals surface area contributed by atoms with Crippen LogP contribution in [0, 0.1) is 0 Å². The van der Waals surface area contributed by atoms with E-state index >= 15 is 0 Å². The number of methoxy groups -OCH3 is 1. The molecule has 1 atom stereocenters. The lowest BCUT2D eigenvalue weighted by molar-refractivity contribution is 0.407. The summed E-state index contributed by atoms with van der Waals surface area (Å²) < 4.78 is 6.22. The van der Waals surface area contributed by atoms with Gasteiger partial charge in [0.05, 0.1) is 17.0 Å². The molecule has 2 aromatic carbocycles. The van der Waals surface area contributed by atoms with Gasteiger partial charge in [-0.15, -0.1) is 23.4 Å². The van der Waals surface area contributed by atoms with Crippen molar-refractivity contribution in [3.8, 4) is 5.75 Å². The molecule has 106 valence electrons. The number of alkyl halides is 1. The molecule has 0 spiro atoms. The Kier molecular flexibility index (Phi) is 5.67. The predicted molar refractivity (Wildman–Crippen MR) is 91.6 cm³/mol. The lowest BCUT2D eigenvalue weighted by atomic mass is 10.0.